The van der Waals surface area contributed by atoms with Gasteiger partial charge in [-0.05, 0) is 61.9 Å². The predicted octanol–water partition coefficient (Wildman–Crippen LogP) is 5.31. The summed E-state index contributed by atoms with van der Waals surface area (Å²) in [7, 11) is 0. The smallest absolute Gasteiger partial charge is 0.0449 e. The second-order valence-corrected chi connectivity index (χ2v) is 6.96. The van der Waals surface area contributed by atoms with Crippen LogP contribution >= 0.6 is 27.5 Å². The van der Waals surface area contributed by atoms with Crippen molar-refractivity contribution in [2.24, 2.45) is 11.8 Å². The molecule has 0 radical (unpaired) electrons. The van der Waals surface area contributed by atoms with Crippen LogP contribution < -0.4 is 5.32 Å². The van der Waals surface area contributed by atoms with E-state index < -0.39 is 0 Å². The Hall–Kier alpha value is -0.0500. The molecule has 1 unspecified atom stereocenters. The molecule has 0 aromatic heterocycles. The van der Waals surface area contributed by atoms with E-state index in [0.29, 0.717) is 5.92 Å². The minimum absolute atomic E-state index is 0.658. The molecule has 0 fully saturated rings. The number of halogens is 2. The number of benzene rings is 1. The highest BCUT2D eigenvalue weighted by Crippen LogP contribution is 2.25. The third-order valence-corrected chi connectivity index (χ3v) is 4.03. The molecule has 0 saturated carbocycles. The topological polar surface area (TPSA) is 12.0 Å². The minimum Gasteiger partial charge on any atom is -0.316 e. The molecule has 0 aliphatic rings. The second-order valence-electron chi connectivity index (χ2n) is 5.64. The van der Waals surface area contributed by atoms with Gasteiger partial charge in [0, 0.05) is 9.50 Å². The molecule has 108 valence electrons. The molecular formula is C16H25BrClN. The molecule has 0 aliphatic carbocycles. The largest absolute Gasteiger partial charge is 0.316 e. The van der Waals surface area contributed by atoms with Gasteiger partial charge < -0.3 is 5.32 Å². The highest BCUT2D eigenvalue weighted by Gasteiger charge is 2.13. The first-order valence-electron chi connectivity index (χ1n) is 7.17. The summed E-state index contributed by atoms with van der Waals surface area (Å²) in [4.78, 5) is 0. The number of hydrogen-bond donors (Lipinski definition) is 1. The van der Waals surface area contributed by atoms with Crippen molar-refractivity contribution in [3.63, 3.8) is 0 Å². The lowest BCUT2D eigenvalue weighted by Crippen LogP contribution is -2.26. The maximum absolute atomic E-state index is 6.32. The number of nitrogens with one attached hydrogen (secondary N) is 1. The van der Waals surface area contributed by atoms with Gasteiger partial charge in [-0.25, -0.2) is 0 Å². The Labute approximate surface area is 131 Å². The van der Waals surface area contributed by atoms with E-state index in [2.05, 4.69) is 54.2 Å². The fourth-order valence-electron chi connectivity index (χ4n) is 2.39. The van der Waals surface area contributed by atoms with E-state index in [1.165, 1.54) is 18.4 Å². The minimum atomic E-state index is 0.658. The first kappa shape index (κ1) is 17.0. The first-order chi connectivity index (χ1) is 9.02. The van der Waals surface area contributed by atoms with Crippen molar-refractivity contribution in [1.82, 2.24) is 5.32 Å². The van der Waals surface area contributed by atoms with E-state index in [0.717, 1.165) is 34.9 Å². The van der Waals surface area contributed by atoms with Crippen LogP contribution in [-0.2, 0) is 6.42 Å². The molecule has 19 heavy (non-hydrogen) atoms. The zero-order valence-corrected chi connectivity index (χ0v) is 14.5. The molecular weight excluding hydrogens is 322 g/mol. The molecule has 1 rings (SSSR count). The molecule has 0 bridgehead atoms. The Morgan fingerprint density at radius 1 is 1.32 bits per heavy atom. The van der Waals surface area contributed by atoms with Crippen molar-refractivity contribution < 1.29 is 0 Å². The van der Waals surface area contributed by atoms with Gasteiger partial charge >= 0.3 is 0 Å². The molecule has 0 aliphatic heterocycles. The fourth-order valence-corrected chi connectivity index (χ4v) is 3.14. The highest BCUT2D eigenvalue weighted by molar-refractivity contribution is 9.10. The van der Waals surface area contributed by atoms with Gasteiger partial charge in [0.05, 0.1) is 0 Å². The second kappa shape index (κ2) is 8.99. The summed E-state index contributed by atoms with van der Waals surface area (Å²) in [6.45, 7) is 8.96. The van der Waals surface area contributed by atoms with Gasteiger partial charge in [0.1, 0.15) is 0 Å². The van der Waals surface area contributed by atoms with Crippen molar-refractivity contribution in [3.05, 3.63) is 33.3 Å². The average molecular weight is 347 g/mol. The van der Waals surface area contributed by atoms with E-state index in [1.54, 1.807) is 0 Å². The summed E-state index contributed by atoms with van der Waals surface area (Å²) in [5.74, 6) is 1.38. The Morgan fingerprint density at radius 3 is 2.63 bits per heavy atom. The molecule has 1 aromatic carbocycles. The van der Waals surface area contributed by atoms with Crippen LogP contribution in [0.1, 0.15) is 39.2 Å². The van der Waals surface area contributed by atoms with E-state index in [9.17, 15) is 0 Å². The molecule has 1 nitrogen and oxygen atoms in total. The molecule has 1 N–H and O–H groups in total. The SMILES string of the molecule is CCCNCC(Cc1ccc(Br)cc1Cl)CC(C)C. The zero-order chi connectivity index (χ0) is 14.3. The maximum atomic E-state index is 6.32. The van der Waals surface area contributed by atoms with Crippen molar-refractivity contribution in [3.8, 4) is 0 Å². The summed E-state index contributed by atoms with van der Waals surface area (Å²) in [5.41, 5.74) is 1.26. The van der Waals surface area contributed by atoms with Gasteiger partial charge in [-0.15, -0.1) is 0 Å². The third-order valence-electron chi connectivity index (χ3n) is 3.19. The lowest BCUT2D eigenvalue weighted by atomic mass is 9.91. The van der Waals surface area contributed by atoms with Crippen LogP contribution in [0, 0.1) is 11.8 Å². The Bertz CT molecular complexity index is 379. The Balaban J connectivity index is 2.64. The Morgan fingerprint density at radius 2 is 2.05 bits per heavy atom. The van der Waals surface area contributed by atoms with Crippen LogP contribution in [-0.4, -0.2) is 13.1 Å². The molecule has 0 spiro atoms. The molecule has 1 aromatic rings. The predicted molar refractivity (Wildman–Crippen MR) is 89.0 cm³/mol. The monoisotopic (exact) mass is 345 g/mol. The van der Waals surface area contributed by atoms with Crippen LogP contribution in [0.5, 0.6) is 0 Å². The van der Waals surface area contributed by atoms with E-state index in [-0.39, 0.29) is 0 Å². The first-order valence-corrected chi connectivity index (χ1v) is 8.34. The van der Waals surface area contributed by atoms with Crippen LogP contribution in [0.3, 0.4) is 0 Å². The van der Waals surface area contributed by atoms with Crippen molar-refractivity contribution in [2.75, 3.05) is 13.1 Å². The van der Waals surface area contributed by atoms with Gasteiger partial charge in [0.2, 0.25) is 0 Å². The molecule has 3 heteroatoms. The standard InChI is InChI=1S/C16H25BrClN/c1-4-7-19-11-13(8-12(2)3)9-14-5-6-15(17)10-16(14)18/h5-6,10,12-13,19H,4,7-9,11H2,1-3H3. The zero-order valence-electron chi connectivity index (χ0n) is 12.2. The highest BCUT2D eigenvalue weighted by atomic mass is 79.9. The van der Waals surface area contributed by atoms with E-state index >= 15 is 0 Å². The van der Waals surface area contributed by atoms with Crippen LogP contribution in [0.2, 0.25) is 5.02 Å². The summed E-state index contributed by atoms with van der Waals surface area (Å²) >= 11 is 9.78. The van der Waals surface area contributed by atoms with Crippen molar-refractivity contribution in [2.45, 2.75) is 40.0 Å². The van der Waals surface area contributed by atoms with Crippen molar-refractivity contribution in [1.29, 1.82) is 0 Å². The molecule has 0 amide bonds. The Kier molecular flexibility index (Phi) is 8.05. The summed E-state index contributed by atoms with van der Waals surface area (Å²) in [6, 6.07) is 6.20. The van der Waals surface area contributed by atoms with Gasteiger partial charge in [0.25, 0.3) is 0 Å². The maximum Gasteiger partial charge on any atom is 0.0449 e. The normalized spacial score (nSPS) is 12.9. The van der Waals surface area contributed by atoms with Crippen molar-refractivity contribution >= 4 is 27.5 Å². The summed E-state index contributed by atoms with van der Waals surface area (Å²) in [6.07, 6.45) is 3.48. The van der Waals surface area contributed by atoms with Gasteiger partial charge in [-0.2, -0.15) is 0 Å². The number of hydrogen-bond acceptors (Lipinski definition) is 1. The average Bonchev–Trinajstić information content (AvgIpc) is 2.32. The van der Waals surface area contributed by atoms with E-state index in [1.807, 2.05) is 6.07 Å². The molecule has 0 heterocycles. The molecule has 0 saturated heterocycles. The van der Waals surface area contributed by atoms with Gasteiger partial charge in [-0.3, -0.25) is 0 Å². The van der Waals surface area contributed by atoms with Gasteiger partial charge in [-0.1, -0.05) is 54.4 Å². The fraction of sp³-hybridized carbons (Fsp3) is 0.625. The quantitative estimate of drug-likeness (QED) is 0.629. The lowest BCUT2D eigenvalue weighted by molar-refractivity contribution is 0.385. The summed E-state index contributed by atoms with van der Waals surface area (Å²) in [5, 5.41) is 4.41. The van der Waals surface area contributed by atoms with Crippen LogP contribution in [0.4, 0.5) is 0 Å². The number of rotatable bonds is 8. The third kappa shape index (κ3) is 6.78. The van der Waals surface area contributed by atoms with Crippen LogP contribution in [0.15, 0.2) is 22.7 Å². The van der Waals surface area contributed by atoms with Crippen LogP contribution in [0.25, 0.3) is 0 Å². The molecule has 1 atom stereocenters. The van der Waals surface area contributed by atoms with Gasteiger partial charge in [0.15, 0.2) is 0 Å². The van der Waals surface area contributed by atoms with E-state index in [4.69, 9.17) is 11.6 Å². The summed E-state index contributed by atoms with van der Waals surface area (Å²) < 4.78 is 1.05. The lowest BCUT2D eigenvalue weighted by Gasteiger charge is -2.20.